The van der Waals surface area contributed by atoms with Crippen LogP contribution < -0.4 is 0 Å². The number of hydrogen-bond acceptors (Lipinski definition) is 4. The molecule has 0 unspecified atom stereocenters. The second-order valence-electron chi connectivity index (χ2n) is 7.72. The number of aromatic nitrogens is 1. The van der Waals surface area contributed by atoms with E-state index >= 15 is 0 Å². The fourth-order valence-corrected chi connectivity index (χ4v) is 5.41. The third kappa shape index (κ3) is 4.58. The topological polar surface area (TPSA) is 53.5 Å². The van der Waals surface area contributed by atoms with Crippen LogP contribution in [0.2, 0.25) is 0 Å². The molecule has 1 aliphatic heterocycles. The Morgan fingerprint density at radius 2 is 1.71 bits per heavy atom. The van der Waals surface area contributed by atoms with E-state index in [2.05, 4.69) is 4.98 Å². The van der Waals surface area contributed by atoms with E-state index in [1.807, 2.05) is 24.0 Å². The second-order valence-corrected chi connectivity index (χ2v) is 9.63. The van der Waals surface area contributed by atoms with Gasteiger partial charge in [-0.2, -0.15) is 17.5 Å². The first kappa shape index (κ1) is 21.7. The molecule has 0 spiro atoms. The van der Waals surface area contributed by atoms with Crippen molar-refractivity contribution >= 4 is 20.9 Å². The highest BCUT2D eigenvalue weighted by atomic mass is 32.2. The fraction of sp³-hybridized carbons (Fsp3) is 0.318. The van der Waals surface area contributed by atoms with Crippen molar-refractivity contribution in [1.82, 2.24) is 14.2 Å². The van der Waals surface area contributed by atoms with Gasteiger partial charge in [-0.1, -0.05) is 30.3 Å². The molecule has 31 heavy (non-hydrogen) atoms. The van der Waals surface area contributed by atoms with E-state index in [4.69, 9.17) is 0 Å². The zero-order valence-electron chi connectivity index (χ0n) is 16.9. The van der Waals surface area contributed by atoms with Gasteiger partial charge in [-0.05, 0) is 36.2 Å². The second kappa shape index (κ2) is 8.22. The molecule has 0 bridgehead atoms. The number of hydrogen-bond donors (Lipinski definition) is 0. The summed E-state index contributed by atoms with van der Waals surface area (Å²) in [5.74, 6) is 0. The average molecular weight is 449 g/mol. The minimum atomic E-state index is -4.38. The Balaban J connectivity index is 1.48. The van der Waals surface area contributed by atoms with Gasteiger partial charge in [0.2, 0.25) is 10.0 Å². The zero-order valence-corrected chi connectivity index (χ0v) is 17.7. The molecular formula is C22H22F3N3O2S. The molecular weight excluding hydrogens is 427 g/mol. The molecule has 0 N–H and O–H groups in total. The number of rotatable bonds is 4. The SMILES string of the molecule is Cc1cnc2c(S(=O)(=O)N3CCN(Cc4cccc(C(F)(F)F)c4)CC3)cccc2c1. The van der Waals surface area contributed by atoms with Crippen molar-refractivity contribution < 1.29 is 21.6 Å². The molecule has 0 atom stereocenters. The number of pyridine rings is 1. The summed E-state index contributed by atoms with van der Waals surface area (Å²) in [7, 11) is -3.73. The van der Waals surface area contributed by atoms with Crippen molar-refractivity contribution in [3.05, 3.63) is 71.4 Å². The number of halogens is 3. The summed E-state index contributed by atoms with van der Waals surface area (Å²) in [6.07, 6.45) is -2.73. The number of fused-ring (bicyclic) bond motifs is 1. The Morgan fingerprint density at radius 3 is 2.42 bits per heavy atom. The van der Waals surface area contributed by atoms with Crippen LogP contribution in [0.5, 0.6) is 0 Å². The molecule has 2 heterocycles. The van der Waals surface area contributed by atoms with E-state index in [-0.39, 0.29) is 18.0 Å². The fourth-order valence-electron chi connectivity index (χ4n) is 3.82. The zero-order chi connectivity index (χ0) is 22.2. The summed E-state index contributed by atoms with van der Waals surface area (Å²) in [6, 6.07) is 12.3. The Kier molecular flexibility index (Phi) is 5.76. The molecule has 0 aliphatic carbocycles. The molecule has 1 aromatic heterocycles. The number of benzene rings is 2. The quantitative estimate of drug-likeness (QED) is 0.603. The Labute approximate surface area is 179 Å². The Morgan fingerprint density at radius 1 is 1.00 bits per heavy atom. The summed E-state index contributed by atoms with van der Waals surface area (Å²) in [4.78, 5) is 6.47. The van der Waals surface area contributed by atoms with E-state index in [9.17, 15) is 21.6 Å². The maximum Gasteiger partial charge on any atom is 0.416 e. The lowest BCUT2D eigenvalue weighted by atomic mass is 10.1. The van der Waals surface area contributed by atoms with E-state index in [0.717, 1.165) is 23.1 Å². The molecule has 5 nitrogen and oxygen atoms in total. The molecule has 4 rings (SSSR count). The van der Waals surface area contributed by atoms with Crippen LogP contribution in [0, 0.1) is 6.92 Å². The van der Waals surface area contributed by atoms with Crippen LogP contribution in [0.15, 0.2) is 59.6 Å². The number of nitrogens with zero attached hydrogens (tertiary/aromatic N) is 3. The number of alkyl halides is 3. The number of para-hydroxylation sites is 1. The van der Waals surface area contributed by atoms with E-state index in [1.165, 1.54) is 10.4 Å². The minimum Gasteiger partial charge on any atom is -0.296 e. The average Bonchev–Trinajstić information content (AvgIpc) is 2.73. The van der Waals surface area contributed by atoms with Crippen LogP contribution in [0.4, 0.5) is 13.2 Å². The number of aryl methyl sites for hydroxylation is 1. The highest BCUT2D eigenvalue weighted by Gasteiger charge is 2.32. The van der Waals surface area contributed by atoms with Crippen molar-refractivity contribution in [3.8, 4) is 0 Å². The van der Waals surface area contributed by atoms with Gasteiger partial charge < -0.3 is 0 Å². The van der Waals surface area contributed by atoms with E-state index in [0.29, 0.717) is 30.7 Å². The normalized spacial score (nSPS) is 16.6. The molecule has 9 heteroatoms. The lowest BCUT2D eigenvalue weighted by Gasteiger charge is -2.34. The summed E-state index contributed by atoms with van der Waals surface area (Å²) in [5, 5.41) is 0.768. The lowest BCUT2D eigenvalue weighted by Crippen LogP contribution is -2.48. The van der Waals surface area contributed by atoms with Gasteiger partial charge in [0.05, 0.1) is 11.1 Å². The van der Waals surface area contributed by atoms with Crippen LogP contribution in [0.25, 0.3) is 10.9 Å². The van der Waals surface area contributed by atoms with Gasteiger partial charge in [-0.3, -0.25) is 9.88 Å². The van der Waals surface area contributed by atoms with Gasteiger partial charge in [0.25, 0.3) is 0 Å². The first-order chi connectivity index (χ1) is 14.6. The highest BCUT2D eigenvalue weighted by molar-refractivity contribution is 7.89. The van der Waals surface area contributed by atoms with Gasteiger partial charge in [-0.15, -0.1) is 0 Å². The van der Waals surface area contributed by atoms with Crippen molar-refractivity contribution in [2.75, 3.05) is 26.2 Å². The maximum absolute atomic E-state index is 13.2. The van der Waals surface area contributed by atoms with Gasteiger partial charge >= 0.3 is 6.18 Å². The summed E-state index contributed by atoms with van der Waals surface area (Å²) in [6.45, 7) is 3.65. The number of piperazine rings is 1. The Bertz CT molecular complexity index is 1200. The molecule has 0 radical (unpaired) electrons. The molecule has 1 saturated heterocycles. The van der Waals surface area contributed by atoms with E-state index < -0.39 is 21.8 Å². The third-order valence-electron chi connectivity index (χ3n) is 5.42. The predicted octanol–water partition coefficient (Wildman–Crippen LogP) is 4.07. The van der Waals surface area contributed by atoms with Gasteiger partial charge in [0.15, 0.2) is 0 Å². The molecule has 0 amide bonds. The maximum atomic E-state index is 13.2. The predicted molar refractivity (Wildman–Crippen MR) is 112 cm³/mol. The van der Waals surface area contributed by atoms with Crippen LogP contribution in [-0.4, -0.2) is 48.8 Å². The van der Waals surface area contributed by atoms with Crippen molar-refractivity contribution in [3.63, 3.8) is 0 Å². The smallest absolute Gasteiger partial charge is 0.296 e. The monoisotopic (exact) mass is 449 g/mol. The third-order valence-corrected chi connectivity index (χ3v) is 7.35. The van der Waals surface area contributed by atoms with Gasteiger partial charge in [0.1, 0.15) is 4.90 Å². The first-order valence-corrected chi connectivity index (χ1v) is 11.3. The molecule has 3 aromatic rings. The molecule has 164 valence electrons. The van der Waals surface area contributed by atoms with E-state index in [1.54, 1.807) is 24.4 Å². The van der Waals surface area contributed by atoms with Crippen LogP contribution >= 0.6 is 0 Å². The largest absolute Gasteiger partial charge is 0.416 e. The Hall–Kier alpha value is -2.49. The van der Waals surface area contributed by atoms with Crippen molar-refractivity contribution in [2.24, 2.45) is 0 Å². The number of sulfonamides is 1. The van der Waals surface area contributed by atoms with Crippen molar-refractivity contribution in [1.29, 1.82) is 0 Å². The summed E-state index contributed by atoms with van der Waals surface area (Å²) < 4.78 is 66.7. The lowest BCUT2D eigenvalue weighted by molar-refractivity contribution is -0.137. The highest BCUT2D eigenvalue weighted by Crippen LogP contribution is 2.30. The summed E-state index contributed by atoms with van der Waals surface area (Å²) >= 11 is 0. The van der Waals surface area contributed by atoms with Crippen molar-refractivity contribution in [2.45, 2.75) is 24.5 Å². The summed E-state index contributed by atoms with van der Waals surface area (Å²) in [5.41, 5.74) is 1.27. The molecule has 2 aromatic carbocycles. The van der Waals surface area contributed by atoms with Gasteiger partial charge in [-0.25, -0.2) is 8.42 Å². The molecule has 1 fully saturated rings. The van der Waals surface area contributed by atoms with Crippen LogP contribution in [0.1, 0.15) is 16.7 Å². The van der Waals surface area contributed by atoms with Crippen LogP contribution in [0.3, 0.4) is 0 Å². The first-order valence-electron chi connectivity index (χ1n) is 9.88. The van der Waals surface area contributed by atoms with Crippen LogP contribution in [-0.2, 0) is 22.7 Å². The minimum absolute atomic E-state index is 0.177. The molecule has 1 aliphatic rings. The molecule has 0 saturated carbocycles. The van der Waals surface area contributed by atoms with Gasteiger partial charge in [0, 0.05) is 44.3 Å². The standard InChI is InChI=1S/C22H22F3N3O2S/c1-16-12-18-5-3-7-20(21(18)26-14-16)31(29,30)28-10-8-27(9-11-28)15-17-4-2-6-19(13-17)22(23,24)25/h2-7,12-14H,8-11,15H2,1H3.